The van der Waals surface area contributed by atoms with Gasteiger partial charge in [-0.05, 0) is 13.0 Å². The number of rotatable bonds is 1. The molecule has 1 heterocycles. The highest BCUT2D eigenvalue weighted by Gasteiger charge is 2.07. The molecule has 0 aliphatic carbocycles. The lowest BCUT2D eigenvalue weighted by molar-refractivity contribution is 0.373. The summed E-state index contributed by atoms with van der Waals surface area (Å²) < 4.78 is 12.5. The SMILES string of the molecule is CC(F)c1c[c]nnc1Cl. The van der Waals surface area contributed by atoms with Gasteiger partial charge in [-0.25, -0.2) is 4.39 Å². The molecule has 0 aliphatic heterocycles. The van der Waals surface area contributed by atoms with Crippen molar-refractivity contribution in [3.63, 3.8) is 0 Å². The van der Waals surface area contributed by atoms with E-state index in [0.29, 0.717) is 5.56 Å². The van der Waals surface area contributed by atoms with Crippen LogP contribution in [0.4, 0.5) is 4.39 Å². The fourth-order valence-electron chi connectivity index (χ4n) is 0.567. The lowest BCUT2D eigenvalue weighted by atomic mass is 10.2. The fourth-order valence-corrected chi connectivity index (χ4v) is 0.810. The molecule has 1 aromatic rings. The first-order valence-corrected chi connectivity index (χ1v) is 3.13. The van der Waals surface area contributed by atoms with Crippen LogP contribution in [0.2, 0.25) is 5.15 Å². The van der Waals surface area contributed by atoms with Crippen LogP contribution in [0.25, 0.3) is 0 Å². The van der Waals surface area contributed by atoms with Gasteiger partial charge < -0.3 is 0 Å². The molecule has 0 N–H and O–H groups in total. The van der Waals surface area contributed by atoms with Crippen molar-refractivity contribution in [1.29, 1.82) is 0 Å². The van der Waals surface area contributed by atoms with Crippen LogP contribution in [0.15, 0.2) is 6.07 Å². The molecule has 53 valence electrons. The second-order valence-electron chi connectivity index (χ2n) is 1.84. The molecule has 1 radical (unpaired) electrons. The zero-order valence-electron chi connectivity index (χ0n) is 5.31. The second kappa shape index (κ2) is 2.92. The highest BCUT2D eigenvalue weighted by molar-refractivity contribution is 6.30. The number of hydrogen-bond donors (Lipinski definition) is 0. The van der Waals surface area contributed by atoms with E-state index in [9.17, 15) is 4.39 Å². The molecule has 0 saturated heterocycles. The molecule has 0 amide bonds. The Kier molecular flexibility index (Phi) is 2.17. The Hall–Kier alpha value is -0.700. The summed E-state index contributed by atoms with van der Waals surface area (Å²) in [6.45, 7) is 1.39. The maximum absolute atomic E-state index is 12.5. The molecule has 0 aromatic carbocycles. The number of halogens is 2. The van der Waals surface area contributed by atoms with Crippen LogP contribution in [0, 0.1) is 6.20 Å². The minimum Gasteiger partial charge on any atom is -0.242 e. The molecule has 0 saturated carbocycles. The summed E-state index contributed by atoms with van der Waals surface area (Å²) in [6, 6.07) is 1.39. The molecule has 1 unspecified atom stereocenters. The van der Waals surface area contributed by atoms with E-state index < -0.39 is 6.17 Å². The average molecular weight is 160 g/mol. The fraction of sp³-hybridized carbons (Fsp3) is 0.333. The Labute approximate surface area is 63.0 Å². The highest BCUT2D eigenvalue weighted by atomic mass is 35.5. The normalized spacial score (nSPS) is 13.1. The van der Waals surface area contributed by atoms with E-state index in [-0.39, 0.29) is 5.15 Å². The molecule has 1 aromatic heterocycles. The van der Waals surface area contributed by atoms with Crippen molar-refractivity contribution >= 4 is 11.6 Å². The smallest absolute Gasteiger partial charge is 0.157 e. The predicted octanol–water partition coefficient (Wildman–Crippen LogP) is 1.96. The van der Waals surface area contributed by atoms with Gasteiger partial charge >= 0.3 is 0 Å². The van der Waals surface area contributed by atoms with Gasteiger partial charge in [0.25, 0.3) is 0 Å². The number of hydrogen-bond acceptors (Lipinski definition) is 2. The molecule has 4 heteroatoms. The first kappa shape index (κ1) is 7.41. The summed E-state index contributed by atoms with van der Waals surface area (Å²) in [5, 5.41) is 6.88. The molecule has 2 nitrogen and oxygen atoms in total. The Morgan fingerprint density at radius 2 is 2.50 bits per heavy atom. The predicted molar refractivity (Wildman–Crippen MR) is 35.4 cm³/mol. The molecule has 0 fully saturated rings. The van der Waals surface area contributed by atoms with Gasteiger partial charge in [-0.15, -0.1) is 10.2 Å². The van der Waals surface area contributed by atoms with Gasteiger partial charge in [-0.3, -0.25) is 0 Å². The standard InChI is InChI=1S/C6H5ClFN2/c1-4(8)5-2-3-9-10-6(5)7/h2,4H,1H3. The summed E-state index contributed by atoms with van der Waals surface area (Å²) in [7, 11) is 0. The van der Waals surface area contributed by atoms with Crippen molar-refractivity contribution in [1.82, 2.24) is 10.2 Å². The van der Waals surface area contributed by atoms with E-state index in [1.54, 1.807) is 0 Å². The van der Waals surface area contributed by atoms with Gasteiger partial charge in [0.1, 0.15) is 12.4 Å². The van der Waals surface area contributed by atoms with E-state index in [1.807, 2.05) is 0 Å². The third-order valence-corrected chi connectivity index (χ3v) is 1.38. The molecule has 1 rings (SSSR count). The van der Waals surface area contributed by atoms with Crippen LogP contribution in [-0.4, -0.2) is 10.2 Å². The molecule has 0 bridgehead atoms. The Balaban J connectivity index is 3.03. The summed E-state index contributed by atoms with van der Waals surface area (Å²) >= 11 is 5.49. The summed E-state index contributed by atoms with van der Waals surface area (Å²) in [4.78, 5) is 0. The van der Waals surface area contributed by atoms with Crippen molar-refractivity contribution in [3.8, 4) is 0 Å². The topological polar surface area (TPSA) is 25.8 Å². The quantitative estimate of drug-likeness (QED) is 0.626. The third-order valence-electron chi connectivity index (χ3n) is 1.08. The van der Waals surface area contributed by atoms with Crippen LogP contribution in [0.3, 0.4) is 0 Å². The molecule has 1 atom stereocenters. The number of alkyl halides is 1. The van der Waals surface area contributed by atoms with Gasteiger partial charge in [0.05, 0.1) is 0 Å². The van der Waals surface area contributed by atoms with Crippen LogP contribution < -0.4 is 0 Å². The lowest BCUT2D eigenvalue weighted by Crippen LogP contribution is -1.91. The van der Waals surface area contributed by atoms with Crippen LogP contribution in [-0.2, 0) is 0 Å². The van der Waals surface area contributed by atoms with Crippen molar-refractivity contribution in [2.24, 2.45) is 0 Å². The van der Waals surface area contributed by atoms with Gasteiger partial charge in [0.15, 0.2) is 5.15 Å². The highest BCUT2D eigenvalue weighted by Crippen LogP contribution is 2.21. The van der Waals surface area contributed by atoms with E-state index >= 15 is 0 Å². The number of aromatic nitrogens is 2. The Morgan fingerprint density at radius 3 is 2.90 bits per heavy atom. The van der Waals surface area contributed by atoms with Gasteiger partial charge in [-0.2, -0.15) is 0 Å². The van der Waals surface area contributed by atoms with Gasteiger partial charge in [0, 0.05) is 5.56 Å². The van der Waals surface area contributed by atoms with E-state index in [4.69, 9.17) is 11.6 Å². The zero-order valence-corrected chi connectivity index (χ0v) is 6.06. The second-order valence-corrected chi connectivity index (χ2v) is 2.19. The minimum atomic E-state index is -1.11. The minimum absolute atomic E-state index is 0.105. The van der Waals surface area contributed by atoms with Gasteiger partial charge in [-0.1, -0.05) is 11.6 Å². The molecular formula is C6H5ClFN2. The van der Waals surface area contributed by atoms with Crippen molar-refractivity contribution in [2.45, 2.75) is 13.1 Å². The summed E-state index contributed by atoms with van der Waals surface area (Å²) in [5.74, 6) is 0. The molecular weight excluding hydrogens is 155 g/mol. The number of nitrogens with zero attached hydrogens (tertiary/aromatic N) is 2. The van der Waals surface area contributed by atoms with E-state index in [0.717, 1.165) is 0 Å². The van der Waals surface area contributed by atoms with Crippen molar-refractivity contribution in [2.75, 3.05) is 0 Å². The maximum Gasteiger partial charge on any atom is 0.157 e. The molecule has 10 heavy (non-hydrogen) atoms. The van der Waals surface area contributed by atoms with E-state index in [1.165, 1.54) is 13.0 Å². The first-order chi connectivity index (χ1) is 4.72. The Morgan fingerprint density at radius 1 is 1.80 bits per heavy atom. The summed E-state index contributed by atoms with van der Waals surface area (Å²) in [6.07, 6.45) is 1.29. The molecule has 0 spiro atoms. The van der Waals surface area contributed by atoms with Crippen molar-refractivity contribution in [3.05, 3.63) is 23.0 Å². The third kappa shape index (κ3) is 1.42. The van der Waals surface area contributed by atoms with E-state index in [2.05, 4.69) is 16.4 Å². The monoisotopic (exact) mass is 159 g/mol. The van der Waals surface area contributed by atoms with Crippen LogP contribution >= 0.6 is 11.6 Å². The Bertz CT molecular complexity index is 227. The van der Waals surface area contributed by atoms with Crippen LogP contribution in [0.1, 0.15) is 18.7 Å². The lowest BCUT2D eigenvalue weighted by Gasteiger charge is -2.00. The van der Waals surface area contributed by atoms with Crippen LogP contribution in [0.5, 0.6) is 0 Å². The average Bonchev–Trinajstić information content (AvgIpc) is 1.88. The largest absolute Gasteiger partial charge is 0.242 e. The maximum atomic E-state index is 12.5. The van der Waals surface area contributed by atoms with Crippen molar-refractivity contribution < 1.29 is 4.39 Å². The molecule has 0 aliphatic rings. The summed E-state index contributed by atoms with van der Waals surface area (Å²) in [5.41, 5.74) is 0.330. The van der Waals surface area contributed by atoms with Gasteiger partial charge in [0.2, 0.25) is 0 Å². The first-order valence-electron chi connectivity index (χ1n) is 2.75. The zero-order chi connectivity index (χ0) is 7.56.